The third kappa shape index (κ3) is 3.04. The van der Waals surface area contributed by atoms with Gasteiger partial charge < -0.3 is 9.64 Å². The van der Waals surface area contributed by atoms with E-state index in [1.54, 1.807) is 4.90 Å². The first-order chi connectivity index (χ1) is 10.9. The number of aryl methyl sites for hydroxylation is 1. The Hall–Kier alpha value is -1.71. The number of nitrogens with zero attached hydrogens (tertiary/aromatic N) is 2. The van der Waals surface area contributed by atoms with Crippen LogP contribution in [0.1, 0.15) is 27.0 Å². The highest BCUT2D eigenvalue weighted by Gasteiger charge is 2.34. The molecule has 0 aliphatic carbocycles. The number of hydrogen-bond acceptors (Lipinski definition) is 6. The van der Waals surface area contributed by atoms with Crippen LogP contribution in [0.3, 0.4) is 0 Å². The fraction of sp³-hybridized carbons (Fsp3) is 0.429. The summed E-state index contributed by atoms with van der Waals surface area (Å²) in [6.07, 6.45) is 2.40. The number of morpholine rings is 1. The molecule has 1 saturated heterocycles. The Morgan fingerprint density at radius 2 is 2.30 bits per heavy atom. The zero-order valence-corrected chi connectivity index (χ0v) is 14.4. The van der Waals surface area contributed by atoms with E-state index in [9.17, 15) is 13.2 Å². The van der Waals surface area contributed by atoms with Gasteiger partial charge in [0.25, 0.3) is 5.91 Å². The number of aromatic amines is 1. The molecule has 124 valence electrons. The topological polar surface area (TPSA) is 92.4 Å². The smallest absolute Gasteiger partial charge is 0.264 e. The summed E-state index contributed by atoms with van der Waals surface area (Å²) in [5.74, 6) is -0.111. The lowest BCUT2D eigenvalue weighted by molar-refractivity contribution is -0.00445. The Bertz CT molecular complexity index is 825. The lowest BCUT2D eigenvalue weighted by atomic mass is 10.1. The van der Waals surface area contributed by atoms with Gasteiger partial charge in [0.15, 0.2) is 9.84 Å². The van der Waals surface area contributed by atoms with Crippen LogP contribution in [0.4, 0.5) is 0 Å². The van der Waals surface area contributed by atoms with Crippen molar-refractivity contribution >= 4 is 27.1 Å². The highest BCUT2D eigenvalue weighted by molar-refractivity contribution is 7.90. The van der Waals surface area contributed by atoms with Gasteiger partial charge in [-0.1, -0.05) is 0 Å². The first kappa shape index (κ1) is 16.2. The molecule has 9 heteroatoms. The molecule has 1 fully saturated rings. The summed E-state index contributed by atoms with van der Waals surface area (Å²) in [5, 5.41) is 8.44. The molecule has 1 aliphatic heterocycles. The van der Waals surface area contributed by atoms with Crippen LogP contribution in [0.2, 0.25) is 0 Å². The van der Waals surface area contributed by atoms with Crippen LogP contribution < -0.4 is 0 Å². The van der Waals surface area contributed by atoms with E-state index < -0.39 is 15.9 Å². The number of ether oxygens (including phenoxy) is 1. The maximum Gasteiger partial charge on any atom is 0.264 e. The fourth-order valence-electron chi connectivity index (χ4n) is 2.63. The first-order valence-corrected chi connectivity index (χ1v) is 9.83. The van der Waals surface area contributed by atoms with E-state index in [1.165, 1.54) is 17.5 Å². The second-order valence-electron chi connectivity index (χ2n) is 5.44. The molecule has 0 bridgehead atoms. The van der Waals surface area contributed by atoms with Crippen molar-refractivity contribution in [2.24, 2.45) is 0 Å². The molecule has 1 amide bonds. The quantitative estimate of drug-likeness (QED) is 0.898. The summed E-state index contributed by atoms with van der Waals surface area (Å²) < 4.78 is 29.3. The molecule has 1 N–H and O–H groups in total. The zero-order chi connectivity index (χ0) is 16.6. The maximum atomic E-state index is 12.8. The summed E-state index contributed by atoms with van der Waals surface area (Å²) >= 11 is 1.38. The standard InChI is InChI=1S/C14H17N3O4S2/c1-9-3-6-22-13(9)14(18)17-4-5-21-8-10(17)12-11(7-15-16-12)23(2,19)20/h3,6-7,10H,4-5,8H2,1-2H3,(H,15,16)/t10-/m0/s1. The lowest BCUT2D eigenvalue weighted by Crippen LogP contribution is -2.43. The average molecular weight is 355 g/mol. The zero-order valence-electron chi connectivity index (χ0n) is 12.8. The number of aromatic nitrogens is 2. The van der Waals surface area contributed by atoms with Crippen molar-refractivity contribution in [3.8, 4) is 0 Å². The first-order valence-electron chi connectivity index (χ1n) is 7.05. The summed E-state index contributed by atoms with van der Waals surface area (Å²) in [5.41, 5.74) is 1.31. The van der Waals surface area contributed by atoms with Crippen molar-refractivity contribution in [2.45, 2.75) is 17.9 Å². The Balaban J connectivity index is 1.99. The molecule has 0 radical (unpaired) electrons. The Labute approximate surface area is 138 Å². The van der Waals surface area contributed by atoms with E-state index in [0.29, 0.717) is 23.7 Å². The summed E-state index contributed by atoms with van der Waals surface area (Å²) in [4.78, 5) is 15.3. The van der Waals surface area contributed by atoms with Gasteiger partial charge in [-0.2, -0.15) is 5.10 Å². The number of H-pyrrole nitrogens is 1. The number of amides is 1. The largest absolute Gasteiger partial charge is 0.377 e. The van der Waals surface area contributed by atoms with Crippen LogP contribution in [0.15, 0.2) is 22.5 Å². The molecule has 0 aromatic carbocycles. The molecular weight excluding hydrogens is 338 g/mol. The van der Waals surface area contributed by atoms with Crippen molar-refractivity contribution in [1.29, 1.82) is 0 Å². The van der Waals surface area contributed by atoms with Crippen LogP contribution >= 0.6 is 11.3 Å². The molecule has 2 aromatic rings. The molecule has 0 spiro atoms. The number of carbonyl (C=O) groups excluding carboxylic acids is 1. The van der Waals surface area contributed by atoms with Crippen LogP contribution in [0, 0.1) is 6.92 Å². The molecule has 1 aliphatic rings. The third-order valence-electron chi connectivity index (χ3n) is 3.81. The van der Waals surface area contributed by atoms with Crippen molar-refractivity contribution in [1.82, 2.24) is 15.1 Å². The molecule has 3 heterocycles. The lowest BCUT2D eigenvalue weighted by Gasteiger charge is -2.35. The third-order valence-corrected chi connectivity index (χ3v) is 5.94. The van der Waals surface area contributed by atoms with Gasteiger partial charge in [0.2, 0.25) is 0 Å². The van der Waals surface area contributed by atoms with Gasteiger partial charge in [0, 0.05) is 12.8 Å². The summed E-state index contributed by atoms with van der Waals surface area (Å²) in [7, 11) is -3.44. The summed E-state index contributed by atoms with van der Waals surface area (Å²) in [6, 6.07) is 1.40. The van der Waals surface area contributed by atoms with E-state index in [4.69, 9.17) is 4.74 Å². The molecule has 7 nitrogen and oxygen atoms in total. The van der Waals surface area contributed by atoms with Crippen molar-refractivity contribution < 1.29 is 17.9 Å². The van der Waals surface area contributed by atoms with Gasteiger partial charge in [-0.05, 0) is 23.9 Å². The van der Waals surface area contributed by atoms with Crippen molar-refractivity contribution in [3.05, 3.63) is 33.8 Å². The molecule has 2 aromatic heterocycles. The van der Waals surface area contributed by atoms with Gasteiger partial charge in [-0.25, -0.2) is 8.42 Å². The highest BCUT2D eigenvalue weighted by Crippen LogP contribution is 2.30. The highest BCUT2D eigenvalue weighted by atomic mass is 32.2. The van der Waals surface area contributed by atoms with E-state index in [-0.39, 0.29) is 17.4 Å². The molecule has 23 heavy (non-hydrogen) atoms. The Kier molecular flexibility index (Phi) is 4.26. The van der Waals surface area contributed by atoms with Gasteiger partial charge in [0.1, 0.15) is 4.90 Å². The maximum absolute atomic E-state index is 12.8. The minimum absolute atomic E-state index is 0.105. The van der Waals surface area contributed by atoms with Crippen molar-refractivity contribution in [2.75, 3.05) is 26.0 Å². The number of thiophene rings is 1. The van der Waals surface area contributed by atoms with Crippen LogP contribution in [-0.2, 0) is 14.6 Å². The molecule has 0 unspecified atom stereocenters. The Morgan fingerprint density at radius 1 is 1.52 bits per heavy atom. The SMILES string of the molecule is Cc1ccsc1C(=O)N1CCOC[C@H]1c1[nH]ncc1S(C)(=O)=O. The van der Waals surface area contributed by atoms with Gasteiger partial charge in [-0.15, -0.1) is 11.3 Å². The molecule has 3 rings (SSSR count). The predicted molar refractivity (Wildman–Crippen MR) is 85.4 cm³/mol. The van der Waals surface area contributed by atoms with Crippen LogP contribution in [0.5, 0.6) is 0 Å². The number of sulfone groups is 1. The predicted octanol–water partition coefficient (Wildman–Crippen LogP) is 1.40. The van der Waals surface area contributed by atoms with Gasteiger partial charge in [-0.3, -0.25) is 9.89 Å². The van der Waals surface area contributed by atoms with Crippen molar-refractivity contribution in [3.63, 3.8) is 0 Å². The monoisotopic (exact) mass is 355 g/mol. The second kappa shape index (κ2) is 6.06. The fourth-order valence-corrected chi connectivity index (χ4v) is 4.33. The second-order valence-corrected chi connectivity index (χ2v) is 8.34. The van der Waals surface area contributed by atoms with E-state index >= 15 is 0 Å². The number of carbonyl (C=O) groups is 1. The van der Waals surface area contributed by atoms with E-state index in [2.05, 4.69) is 10.2 Å². The van der Waals surface area contributed by atoms with Gasteiger partial charge in [0.05, 0.1) is 36.0 Å². The molecule has 1 atom stereocenters. The van der Waals surface area contributed by atoms with Crippen LogP contribution in [-0.4, -0.2) is 55.4 Å². The summed E-state index contributed by atoms with van der Waals surface area (Å²) in [6.45, 7) is 2.95. The van der Waals surface area contributed by atoms with E-state index in [1.807, 2.05) is 18.4 Å². The number of rotatable bonds is 3. The number of nitrogens with one attached hydrogen (secondary N) is 1. The molecular formula is C14H17N3O4S2. The minimum atomic E-state index is -3.44. The van der Waals surface area contributed by atoms with E-state index in [0.717, 1.165) is 11.8 Å². The Morgan fingerprint density at radius 3 is 2.96 bits per heavy atom. The average Bonchev–Trinajstić information content (AvgIpc) is 3.14. The van der Waals surface area contributed by atoms with Gasteiger partial charge >= 0.3 is 0 Å². The van der Waals surface area contributed by atoms with Crippen LogP contribution in [0.25, 0.3) is 0 Å². The minimum Gasteiger partial charge on any atom is -0.377 e. The normalized spacial score (nSPS) is 19.0. The molecule has 0 saturated carbocycles. The number of hydrogen-bond donors (Lipinski definition) is 1.